The van der Waals surface area contributed by atoms with Crippen LogP contribution in [-0.2, 0) is 6.54 Å². The molecule has 19 heavy (non-hydrogen) atoms. The molecule has 2 rings (SSSR count). The highest BCUT2D eigenvalue weighted by molar-refractivity contribution is 5.91. The standard InChI is InChI=1S/C14H22N4O/c1-10-6-7-18(11(2)8-10)9-12-4-3-5-13(16-12)14(19)17-15/h3-5,10-11H,6-9,15H2,1-2H3,(H,17,19). The van der Waals surface area contributed by atoms with Crippen LogP contribution >= 0.6 is 0 Å². The summed E-state index contributed by atoms with van der Waals surface area (Å²) < 4.78 is 0. The quantitative estimate of drug-likeness (QED) is 0.489. The summed E-state index contributed by atoms with van der Waals surface area (Å²) in [5, 5.41) is 0. The number of amides is 1. The lowest BCUT2D eigenvalue weighted by Crippen LogP contribution is -2.39. The molecule has 2 unspecified atom stereocenters. The number of carbonyl (C=O) groups is 1. The van der Waals surface area contributed by atoms with Crippen LogP contribution in [0, 0.1) is 5.92 Å². The summed E-state index contributed by atoms with van der Waals surface area (Å²) in [6.45, 7) is 6.45. The highest BCUT2D eigenvalue weighted by atomic mass is 16.2. The Morgan fingerprint density at radius 3 is 3.00 bits per heavy atom. The van der Waals surface area contributed by atoms with Gasteiger partial charge in [0.25, 0.3) is 5.91 Å². The van der Waals surface area contributed by atoms with Crippen molar-refractivity contribution in [1.29, 1.82) is 0 Å². The van der Waals surface area contributed by atoms with Crippen LogP contribution < -0.4 is 11.3 Å². The van der Waals surface area contributed by atoms with E-state index < -0.39 is 0 Å². The van der Waals surface area contributed by atoms with Crippen molar-refractivity contribution in [2.24, 2.45) is 11.8 Å². The largest absolute Gasteiger partial charge is 0.295 e. The van der Waals surface area contributed by atoms with Gasteiger partial charge in [0.05, 0.1) is 5.69 Å². The number of nitrogens with zero attached hydrogens (tertiary/aromatic N) is 2. The van der Waals surface area contributed by atoms with Gasteiger partial charge in [-0.2, -0.15) is 0 Å². The molecule has 2 atom stereocenters. The van der Waals surface area contributed by atoms with Crippen molar-refractivity contribution in [2.75, 3.05) is 6.54 Å². The average molecular weight is 262 g/mol. The van der Waals surface area contributed by atoms with Gasteiger partial charge < -0.3 is 0 Å². The normalized spacial score (nSPS) is 24.2. The molecule has 0 aromatic carbocycles. The number of nitrogens with two attached hydrogens (primary N) is 1. The molecule has 5 heteroatoms. The zero-order valence-electron chi connectivity index (χ0n) is 11.6. The van der Waals surface area contributed by atoms with E-state index in [2.05, 4.69) is 29.2 Å². The molecule has 0 bridgehead atoms. The van der Waals surface area contributed by atoms with Gasteiger partial charge in [0.2, 0.25) is 0 Å². The first kappa shape index (κ1) is 14.0. The van der Waals surface area contributed by atoms with Gasteiger partial charge >= 0.3 is 0 Å². The maximum atomic E-state index is 11.5. The van der Waals surface area contributed by atoms with Crippen molar-refractivity contribution in [3.8, 4) is 0 Å². The zero-order valence-corrected chi connectivity index (χ0v) is 11.6. The molecule has 0 aliphatic carbocycles. The minimum Gasteiger partial charge on any atom is -0.295 e. The van der Waals surface area contributed by atoms with Crippen LogP contribution in [0.15, 0.2) is 18.2 Å². The Labute approximate surface area is 114 Å². The van der Waals surface area contributed by atoms with Gasteiger partial charge in [0.1, 0.15) is 5.69 Å². The van der Waals surface area contributed by atoms with E-state index in [1.165, 1.54) is 12.8 Å². The topological polar surface area (TPSA) is 71.2 Å². The predicted molar refractivity (Wildman–Crippen MR) is 74.2 cm³/mol. The number of hydrazine groups is 1. The Morgan fingerprint density at radius 1 is 1.53 bits per heavy atom. The summed E-state index contributed by atoms with van der Waals surface area (Å²) >= 11 is 0. The molecule has 2 heterocycles. The van der Waals surface area contributed by atoms with E-state index in [0.29, 0.717) is 11.7 Å². The number of hydrogen-bond donors (Lipinski definition) is 2. The monoisotopic (exact) mass is 262 g/mol. The predicted octanol–water partition coefficient (Wildman–Crippen LogP) is 1.31. The van der Waals surface area contributed by atoms with E-state index >= 15 is 0 Å². The maximum Gasteiger partial charge on any atom is 0.283 e. The molecule has 104 valence electrons. The summed E-state index contributed by atoms with van der Waals surface area (Å²) in [5.74, 6) is 5.58. The Balaban J connectivity index is 2.04. The lowest BCUT2D eigenvalue weighted by atomic mass is 9.93. The number of rotatable bonds is 3. The summed E-state index contributed by atoms with van der Waals surface area (Å²) in [5.41, 5.74) is 3.40. The molecular weight excluding hydrogens is 240 g/mol. The van der Waals surface area contributed by atoms with Crippen LogP contribution in [-0.4, -0.2) is 28.4 Å². The van der Waals surface area contributed by atoms with Crippen LogP contribution in [0.25, 0.3) is 0 Å². The van der Waals surface area contributed by atoms with Crippen molar-refractivity contribution < 1.29 is 4.79 Å². The van der Waals surface area contributed by atoms with Gasteiger partial charge in [0, 0.05) is 12.6 Å². The van der Waals surface area contributed by atoms with Gasteiger partial charge in [-0.25, -0.2) is 10.8 Å². The maximum absolute atomic E-state index is 11.5. The Hall–Kier alpha value is -1.46. The van der Waals surface area contributed by atoms with Crippen molar-refractivity contribution in [1.82, 2.24) is 15.3 Å². The molecule has 1 saturated heterocycles. The fourth-order valence-corrected chi connectivity index (χ4v) is 2.67. The molecule has 0 radical (unpaired) electrons. The number of hydrogen-bond acceptors (Lipinski definition) is 4. The third-order valence-corrected chi connectivity index (χ3v) is 3.81. The molecule has 0 spiro atoms. The first-order chi connectivity index (χ1) is 9.10. The molecule has 0 saturated carbocycles. The van der Waals surface area contributed by atoms with Gasteiger partial charge in [-0.3, -0.25) is 15.1 Å². The molecule has 1 aliphatic rings. The SMILES string of the molecule is CC1CCN(Cc2cccc(C(=O)NN)n2)C(C)C1. The van der Waals surface area contributed by atoms with Gasteiger partial charge in [-0.1, -0.05) is 13.0 Å². The van der Waals surface area contributed by atoms with E-state index in [-0.39, 0.29) is 5.91 Å². The fourth-order valence-electron chi connectivity index (χ4n) is 2.67. The molecule has 1 aromatic heterocycles. The van der Waals surface area contributed by atoms with E-state index in [0.717, 1.165) is 24.7 Å². The molecular formula is C14H22N4O. The van der Waals surface area contributed by atoms with E-state index in [4.69, 9.17) is 5.84 Å². The minimum absolute atomic E-state index is 0.345. The summed E-state index contributed by atoms with van der Waals surface area (Å²) in [6.07, 6.45) is 2.45. The fraction of sp³-hybridized carbons (Fsp3) is 0.571. The Bertz CT molecular complexity index is 449. The van der Waals surface area contributed by atoms with Crippen molar-refractivity contribution in [3.05, 3.63) is 29.6 Å². The second-order valence-corrected chi connectivity index (χ2v) is 5.44. The van der Waals surface area contributed by atoms with E-state index in [1.807, 2.05) is 12.1 Å². The van der Waals surface area contributed by atoms with Gasteiger partial charge in [0.15, 0.2) is 0 Å². The van der Waals surface area contributed by atoms with Crippen LogP contribution in [0.3, 0.4) is 0 Å². The Morgan fingerprint density at radius 2 is 2.32 bits per heavy atom. The van der Waals surface area contributed by atoms with Gasteiger partial charge in [-0.15, -0.1) is 0 Å². The number of nitrogens with one attached hydrogen (secondary N) is 1. The Kier molecular flexibility index (Phi) is 4.50. The number of pyridine rings is 1. The summed E-state index contributed by atoms with van der Waals surface area (Å²) in [7, 11) is 0. The second kappa shape index (κ2) is 6.12. The van der Waals surface area contributed by atoms with Crippen LogP contribution in [0.2, 0.25) is 0 Å². The number of nitrogen functional groups attached to an aromatic ring is 1. The van der Waals surface area contributed by atoms with Gasteiger partial charge in [-0.05, 0) is 44.4 Å². The van der Waals surface area contributed by atoms with Crippen molar-refractivity contribution in [2.45, 2.75) is 39.3 Å². The molecule has 5 nitrogen and oxygen atoms in total. The van der Waals surface area contributed by atoms with Crippen LogP contribution in [0.1, 0.15) is 42.9 Å². The summed E-state index contributed by atoms with van der Waals surface area (Å²) in [6, 6.07) is 6.05. The highest BCUT2D eigenvalue weighted by Crippen LogP contribution is 2.23. The van der Waals surface area contributed by atoms with Crippen LogP contribution in [0.5, 0.6) is 0 Å². The third-order valence-electron chi connectivity index (χ3n) is 3.81. The molecule has 1 fully saturated rings. The second-order valence-electron chi connectivity index (χ2n) is 5.44. The lowest BCUT2D eigenvalue weighted by Gasteiger charge is -2.36. The average Bonchev–Trinajstić information content (AvgIpc) is 2.41. The molecule has 3 N–H and O–H groups in total. The zero-order chi connectivity index (χ0) is 13.8. The highest BCUT2D eigenvalue weighted by Gasteiger charge is 2.23. The summed E-state index contributed by atoms with van der Waals surface area (Å²) in [4.78, 5) is 18.2. The number of aromatic nitrogens is 1. The van der Waals surface area contributed by atoms with Crippen molar-refractivity contribution in [3.63, 3.8) is 0 Å². The lowest BCUT2D eigenvalue weighted by molar-refractivity contribution is 0.0947. The number of carbonyl (C=O) groups excluding carboxylic acids is 1. The first-order valence-corrected chi connectivity index (χ1v) is 6.81. The third kappa shape index (κ3) is 3.52. The first-order valence-electron chi connectivity index (χ1n) is 6.81. The van der Waals surface area contributed by atoms with E-state index in [1.54, 1.807) is 6.07 Å². The van der Waals surface area contributed by atoms with E-state index in [9.17, 15) is 4.79 Å². The smallest absolute Gasteiger partial charge is 0.283 e. The number of piperidine rings is 1. The molecule has 1 aliphatic heterocycles. The molecule has 1 aromatic rings. The minimum atomic E-state index is -0.345. The van der Waals surface area contributed by atoms with Crippen LogP contribution in [0.4, 0.5) is 0 Å². The molecule has 1 amide bonds. The number of likely N-dealkylation sites (tertiary alicyclic amines) is 1. The van der Waals surface area contributed by atoms with Crippen molar-refractivity contribution >= 4 is 5.91 Å².